The van der Waals surface area contributed by atoms with Gasteiger partial charge in [0.1, 0.15) is 0 Å². The maximum atomic E-state index is 12.0. The van der Waals surface area contributed by atoms with Crippen molar-refractivity contribution in [2.24, 2.45) is 5.92 Å². The maximum Gasteiger partial charge on any atom is 0.243 e. The molecule has 1 saturated heterocycles. The van der Waals surface area contributed by atoms with Gasteiger partial charge >= 0.3 is 0 Å². The Hall–Kier alpha value is -2.21. The van der Waals surface area contributed by atoms with Gasteiger partial charge in [0.2, 0.25) is 11.9 Å². The smallest absolute Gasteiger partial charge is 0.243 e. The van der Waals surface area contributed by atoms with Gasteiger partial charge in [0.05, 0.1) is 11.9 Å². The van der Waals surface area contributed by atoms with E-state index in [0.717, 1.165) is 30.6 Å². The van der Waals surface area contributed by atoms with E-state index < -0.39 is 0 Å². The fourth-order valence-electron chi connectivity index (χ4n) is 3.09. The van der Waals surface area contributed by atoms with Crippen LogP contribution in [0.25, 0.3) is 11.3 Å². The zero-order valence-corrected chi connectivity index (χ0v) is 13.9. The summed E-state index contributed by atoms with van der Waals surface area (Å²) in [5, 5.41) is 11.9. The maximum absolute atomic E-state index is 12.0. The molecule has 1 saturated carbocycles. The third-order valence-corrected chi connectivity index (χ3v) is 4.69. The first-order chi connectivity index (χ1) is 11.7. The average molecular weight is 344 g/mol. The van der Waals surface area contributed by atoms with E-state index in [1.165, 1.54) is 0 Å². The van der Waals surface area contributed by atoms with Gasteiger partial charge < -0.3 is 10.2 Å². The van der Waals surface area contributed by atoms with Crippen molar-refractivity contribution >= 4 is 23.5 Å². The molecule has 0 unspecified atom stereocenters. The number of rotatable bonds is 5. The Morgan fingerprint density at radius 2 is 2.21 bits per heavy atom. The summed E-state index contributed by atoms with van der Waals surface area (Å²) in [4.78, 5) is 18.5. The van der Waals surface area contributed by atoms with E-state index in [0.29, 0.717) is 35.9 Å². The van der Waals surface area contributed by atoms with Gasteiger partial charge in [0.25, 0.3) is 0 Å². The normalized spacial score (nSPS) is 20.5. The third kappa shape index (κ3) is 3.33. The molecule has 1 aromatic carbocycles. The number of likely N-dealkylation sites (tertiary alicyclic amines) is 1. The Kier molecular flexibility index (Phi) is 4.06. The first-order valence-electron chi connectivity index (χ1n) is 8.18. The van der Waals surface area contributed by atoms with Crippen LogP contribution in [-0.4, -0.2) is 45.1 Å². The highest BCUT2D eigenvalue weighted by Crippen LogP contribution is 2.32. The number of carbonyl (C=O) groups is 1. The lowest BCUT2D eigenvalue weighted by molar-refractivity contribution is -0.128. The number of hydrogen-bond donors (Lipinski definition) is 1. The van der Waals surface area contributed by atoms with Crippen LogP contribution in [-0.2, 0) is 4.79 Å². The van der Waals surface area contributed by atoms with E-state index in [4.69, 9.17) is 11.6 Å². The lowest BCUT2D eigenvalue weighted by Crippen LogP contribution is -2.28. The molecule has 1 aliphatic carbocycles. The van der Waals surface area contributed by atoms with E-state index in [9.17, 15) is 4.79 Å². The van der Waals surface area contributed by atoms with Crippen LogP contribution in [0.2, 0.25) is 5.02 Å². The lowest BCUT2D eigenvalue weighted by atomic mass is 10.1. The zero-order chi connectivity index (χ0) is 16.5. The number of hydrogen-bond acceptors (Lipinski definition) is 5. The molecule has 1 N–H and O–H groups in total. The number of amides is 1. The molecule has 24 heavy (non-hydrogen) atoms. The minimum absolute atomic E-state index is 0.274. The van der Waals surface area contributed by atoms with Crippen molar-refractivity contribution in [2.75, 3.05) is 18.4 Å². The summed E-state index contributed by atoms with van der Waals surface area (Å²) in [6.07, 6.45) is 4.52. The summed E-state index contributed by atoms with van der Waals surface area (Å²) < 4.78 is 0. The van der Waals surface area contributed by atoms with Crippen LogP contribution in [0, 0.1) is 5.92 Å². The molecule has 124 valence electrons. The molecule has 0 radical (unpaired) electrons. The van der Waals surface area contributed by atoms with Crippen molar-refractivity contribution < 1.29 is 4.79 Å². The van der Waals surface area contributed by atoms with Crippen molar-refractivity contribution in [1.82, 2.24) is 20.1 Å². The molecule has 2 heterocycles. The Labute approximate surface area is 145 Å². The highest BCUT2D eigenvalue weighted by Gasteiger charge is 2.39. The van der Waals surface area contributed by atoms with Crippen molar-refractivity contribution in [1.29, 1.82) is 0 Å². The van der Waals surface area contributed by atoms with Crippen LogP contribution in [0.5, 0.6) is 0 Å². The van der Waals surface area contributed by atoms with Gasteiger partial charge in [-0.05, 0) is 25.0 Å². The average Bonchev–Trinajstić information content (AvgIpc) is 3.36. The number of nitrogens with zero attached hydrogens (tertiary/aromatic N) is 4. The van der Waals surface area contributed by atoms with Crippen molar-refractivity contribution in [3.05, 3.63) is 35.5 Å². The predicted octanol–water partition coefficient (Wildman–Crippen LogP) is 2.61. The molecule has 4 rings (SSSR count). The van der Waals surface area contributed by atoms with E-state index in [1.807, 2.05) is 29.2 Å². The predicted molar refractivity (Wildman–Crippen MR) is 91.6 cm³/mol. The third-order valence-electron chi connectivity index (χ3n) is 4.45. The van der Waals surface area contributed by atoms with Crippen LogP contribution < -0.4 is 5.32 Å². The highest BCUT2D eigenvalue weighted by atomic mass is 35.5. The van der Waals surface area contributed by atoms with Gasteiger partial charge in [-0.1, -0.05) is 23.7 Å². The Morgan fingerprint density at radius 3 is 3.00 bits per heavy atom. The van der Waals surface area contributed by atoms with Crippen LogP contribution in [0.1, 0.15) is 19.3 Å². The Morgan fingerprint density at radius 1 is 1.33 bits per heavy atom. The monoisotopic (exact) mass is 343 g/mol. The van der Waals surface area contributed by atoms with Crippen LogP contribution in [0.15, 0.2) is 30.5 Å². The van der Waals surface area contributed by atoms with Gasteiger partial charge in [-0.2, -0.15) is 5.10 Å². The van der Waals surface area contributed by atoms with E-state index in [-0.39, 0.29) is 5.91 Å². The van der Waals surface area contributed by atoms with Crippen LogP contribution in [0.4, 0.5) is 5.95 Å². The van der Waals surface area contributed by atoms with Gasteiger partial charge in [-0.15, -0.1) is 5.10 Å². The second-order valence-corrected chi connectivity index (χ2v) is 6.84. The Bertz CT molecular complexity index is 764. The second kappa shape index (κ2) is 6.36. The van der Waals surface area contributed by atoms with Crippen LogP contribution >= 0.6 is 11.6 Å². The molecule has 0 spiro atoms. The zero-order valence-electron chi connectivity index (χ0n) is 13.2. The summed E-state index contributed by atoms with van der Waals surface area (Å²) >= 11 is 6.02. The molecule has 0 bridgehead atoms. The summed E-state index contributed by atoms with van der Waals surface area (Å²) in [5.74, 6) is 1.05. The van der Waals surface area contributed by atoms with Crippen molar-refractivity contribution in [3.63, 3.8) is 0 Å². The summed E-state index contributed by atoms with van der Waals surface area (Å²) in [5.41, 5.74) is 1.62. The molecule has 2 aromatic rings. The minimum Gasteiger partial charge on any atom is -0.353 e. The SMILES string of the molecule is O=C1C[C@@H](CNc2nncc(-c3cccc(Cl)c3)n2)CN1C1CC1. The van der Waals surface area contributed by atoms with Crippen LogP contribution in [0.3, 0.4) is 0 Å². The lowest BCUT2D eigenvalue weighted by Gasteiger charge is -2.15. The molecular formula is C17H18ClN5O. The number of anilines is 1. The fraction of sp³-hybridized carbons (Fsp3) is 0.412. The molecule has 1 aliphatic heterocycles. The number of benzene rings is 1. The quantitative estimate of drug-likeness (QED) is 0.903. The topological polar surface area (TPSA) is 71.0 Å². The molecular weight excluding hydrogens is 326 g/mol. The highest BCUT2D eigenvalue weighted by molar-refractivity contribution is 6.30. The van der Waals surface area contributed by atoms with E-state index in [2.05, 4.69) is 20.5 Å². The van der Waals surface area contributed by atoms with Gasteiger partial charge in [0, 0.05) is 42.1 Å². The van der Waals surface area contributed by atoms with E-state index in [1.54, 1.807) is 6.20 Å². The summed E-state index contributed by atoms with van der Waals surface area (Å²) in [7, 11) is 0. The number of nitrogens with one attached hydrogen (secondary N) is 1. The molecule has 1 atom stereocenters. The molecule has 2 fully saturated rings. The standard InChI is InChI=1S/C17H18ClN5O/c18-13-3-1-2-12(7-13)15-9-20-22-17(21-15)19-8-11-6-16(24)23(10-11)14-4-5-14/h1-3,7,9,11,14H,4-6,8,10H2,(H,19,21,22)/t11-/m0/s1. The van der Waals surface area contributed by atoms with Gasteiger partial charge in [-0.3, -0.25) is 4.79 Å². The number of aromatic nitrogens is 3. The van der Waals surface area contributed by atoms with Gasteiger partial charge in [-0.25, -0.2) is 4.98 Å². The molecule has 6 nitrogen and oxygen atoms in total. The molecule has 1 aromatic heterocycles. The molecule has 2 aliphatic rings. The van der Waals surface area contributed by atoms with Crippen molar-refractivity contribution in [2.45, 2.75) is 25.3 Å². The fourth-order valence-corrected chi connectivity index (χ4v) is 3.28. The first kappa shape index (κ1) is 15.3. The number of carbonyl (C=O) groups excluding carboxylic acids is 1. The summed E-state index contributed by atoms with van der Waals surface area (Å²) in [6, 6.07) is 7.97. The summed E-state index contributed by atoms with van der Waals surface area (Å²) in [6.45, 7) is 1.51. The minimum atomic E-state index is 0.274. The molecule has 7 heteroatoms. The van der Waals surface area contributed by atoms with Gasteiger partial charge in [0.15, 0.2) is 0 Å². The Balaban J connectivity index is 1.40. The first-order valence-corrected chi connectivity index (χ1v) is 8.56. The molecule has 1 amide bonds. The van der Waals surface area contributed by atoms with Crippen molar-refractivity contribution in [3.8, 4) is 11.3 Å². The number of halogens is 1. The largest absolute Gasteiger partial charge is 0.353 e. The van der Waals surface area contributed by atoms with E-state index >= 15 is 0 Å². The second-order valence-electron chi connectivity index (χ2n) is 6.40.